The summed E-state index contributed by atoms with van der Waals surface area (Å²) >= 11 is 0. The molecule has 0 aliphatic heterocycles. The molecule has 0 aromatic heterocycles. The highest BCUT2D eigenvalue weighted by Gasteiger charge is 2.61. The molecule has 2 heteroatoms. The lowest BCUT2D eigenvalue weighted by Gasteiger charge is -2.56. The van der Waals surface area contributed by atoms with Crippen LogP contribution in [0.2, 0.25) is 0 Å². The molecule has 4 aliphatic carbocycles. The van der Waals surface area contributed by atoms with E-state index in [4.69, 9.17) is 0 Å². The summed E-state index contributed by atoms with van der Waals surface area (Å²) in [7, 11) is 0. The van der Waals surface area contributed by atoms with Crippen LogP contribution >= 0.6 is 0 Å². The zero-order valence-electron chi connectivity index (χ0n) is 13.1. The van der Waals surface area contributed by atoms with E-state index in [0.717, 1.165) is 32.1 Å². The number of rotatable bonds is 0. The molecule has 0 amide bonds. The van der Waals surface area contributed by atoms with E-state index in [1.807, 2.05) is 0 Å². The fraction of sp³-hybridized carbons (Fsp3) is 0.737. The van der Waals surface area contributed by atoms with Gasteiger partial charge >= 0.3 is 0 Å². The van der Waals surface area contributed by atoms with Gasteiger partial charge in [-0.1, -0.05) is 37.6 Å². The molecule has 0 heterocycles. The van der Waals surface area contributed by atoms with Crippen molar-refractivity contribution < 1.29 is 9.90 Å². The fourth-order valence-electron chi connectivity index (χ4n) is 6.17. The molecule has 114 valence electrons. The average Bonchev–Trinajstić information content (AvgIpc) is 2.68. The standard InChI is InChI=1S/C19H26O2/c1-18-9-4-3-5-12(18)6-7-13-14(18)8-10-19(2)16(21)11-15(20)17(13)19/h4-5,9,13-15,17,20H,3,6-8,10-11H2,1-2H3/t13-,14+,15+,17-,18+,19-/m1/s1. The van der Waals surface area contributed by atoms with Crippen LogP contribution in [0, 0.1) is 28.6 Å². The summed E-state index contributed by atoms with van der Waals surface area (Å²) in [6, 6.07) is 0. The van der Waals surface area contributed by atoms with Gasteiger partial charge in [-0.2, -0.15) is 0 Å². The first-order valence-electron chi connectivity index (χ1n) is 8.55. The predicted molar refractivity (Wildman–Crippen MR) is 82.6 cm³/mol. The highest BCUT2D eigenvalue weighted by atomic mass is 16.3. The Morgan fingerprint density at radius 1 is 1.29 bits per heavy atom. The van der Waals surface area contributed by atoms with Crippen molar-refractivity contribution in [3.63, 3.8) is 0 Å². The molecule has 3 saturated carbocycles. The van der Waals surface area contributed by atoms with Gasteiger partial charge in [0, 0.05) is 23.2 Å². The topological polar surface area (TPSA) is 37.3 Å². The van der Waals surface area contributed by atoms with Gasteiger partial charge in [-0.3, -0.25) is 4.79 Å². The quantitative estimate of drug-likeness (QED) is 0.690. The molecule has 0 saturated heterocycles. The third-order valence-corrected chi connectivity index (χ3v) is 7.31. The molecular formula is C19H26O2. The van der Waals surface area contributed by atoms with Gasteiger partial charge in [0.05, 0.1) is 6.10 Å². The van der Waals surface area contributed by atoms with Gasteiger partial charge in [0.2, 0.25) is 0 Å². The van der Waals surface area contributed by atoms with Gasteiger partial charge in [-0.15, -0.1) is 0 Å². The Morgan fingerprint density at radius 2 is 2.10 bits per heavy atom. The van der Waals surface area contributed by atoms with E-state index in [1.54, 1.807) is 5.57 Å². The molecule has 0 bridgehead atoms. The van der Waals surface area contributed by atoms with Gasteiger partial charge < -0.3 is 5.11 Å². The SMILES string of the molecule is C[C@]12C=CCC=C1CC[C@H]1[C@@H]3[C@@H](O)CC(=O)[C@@]3(C)CC[C@@H]12. The molecule has 21 heavy (non-hydrogen) atoms. The van der Waals surface area contributed by atoms with Crippen molar-refractivity contribution in [2.75, 3.05) is 0 Å². The van der Waals surface area contributed by atoms with Gasteiger partial charge in [0.1, 0.15) is 5.78 Å². The second-order valence-electron chi connectivity index (χ2n) is 8.14. The molecule has 0 aromatic carbocycles. The Hall–Kier alpha value is -0.890. The zero-order chi connectivity index (χ0) is 14.8. The summed E-state index contributed by atoms with van der Waals surface area (Å²) in [6.45, 7) is 4.51. The van der Waals surface area contributed by atoms with Crippen LogP contribution in [0.25, 0.3) is 0 Å². The number of ketones is 1. The van der Waals surface area contributed by atoms with Crippen LogP contribution < -0.4 is 0 Å². The Kier molecular flexibility index (Phi) is 2.83. The van der Waals surface area contributed by atoms with E-state index in [9.17, 15) is 9.90 Å². The Bertz CT molecular complexity index is 546. The van der Waals surface area contributed by atoms with Crippen LogP contribution in [-0.4, -0.2) is 17.0 Å². The summed E-state index contributed by atoms with van der Waals surface area (Å²) in [5.41, 5.74) is 1.53. The third kappa shape index (κ3) is 1.66. The van der Waals surface area contributed by atoms with Crippen molar-refractivity contribution in [2.45, 2.75) is 58.5 Å². The molecule has 2 nitrogen and oxygen atoms in total. The van der Waals surface area contributed by atoms with E-state index >= 15 is 0 Å². The first-order valence-corrected chi connectivity index (χ1v) is 8.55. The molecule has 3 fully saturated rings. The van der Waals surface area contributed by atoms with E-state index in [2.05, 4.69) is 32.1 Å². The minimum Gasteiger partial charge on any atom is -0.392 e. The summed E-state index contributed by atoms with van der Waals surface area (Å²) in [4.78, 5) is 12.4. The van der Waals surface area contributed by atoms with Gasteiger partial charge in [-0.25, -0.2) is 0 Å². The maximum atomic E-state index is 12.4. The number of Topliss-reactive ketones (excluding diaryl/α,β-unsaturated/α-hetero) is 1. The van der Waals surface area contributed by atoms with Crippen molar-refractivity contribution in [3.8, 4) is 0 Å². The van der Waals surface area contributed by atoms with Crippen LogP contribution in [0.3, 0.4) is 0 Å². The summed E-state index contributed by atoms with van der Waals surface area (Å²) in [6.07, 6.45) is 12.6. The van der Waals surface area contributed by atoms with Crippen molar-refractivity contribution >= 4 is 5.78 Å². The average molecular weight is 286 g/mol. The number of aliphatic hydroxyl groups excluding tert-OH is 1. The monoisotopic (exact) mass is 286 g/mol. The summed E-state index contributed by atoms with van der Waals surface area (Å²) in [5, 5.41) is 10.5. The zero-order valence-corrected chi connectivity index (χ0v) is 13.1. The van der Waals surface area contributed by atoms with Crippen LogP contribution in [0.1, 0.15) is 52.4 Å². The Morgan fingerprint density at radius 3 is 2.90 bits per heavy atom. The van der Waals surface area contributed by atoms with Crippen LogP contribution in [0.5, 0.6) is 0 Å². The smallest absolute Gasteiger partial charge is 0.141 e. The van der Waals surface area contributed by atoms with Gasteiger partial charge in [0.25, 0.3) is 0 Å². The first-order chi connectivity index (χ1) is 9.97. The highest BCUT2D eigenvalue weighted by molar-refractivity contribution is 5.88. The van der Waals surface area contributed by atoms with Crippen LogP contribution in [0.4, 0.5) is 0 Å². The van der Waals surface area contributed by atoms with Crippen molar-refractivity contribution in [1.82, 2.24) is 0 Å². The Labute approximate surface area is 127 Å². The lowest BCUT2D eigenvalue weighted by molar-refractivity contribution is -0.132. The molecule has 0 aromatic rings. The maximum Gasteiger partial charge on any atom is 0.141 e. The second-order valence-corrected chi connectivity index (χ2v) is 8.14. The number of carbonyl (C=O) groups is 1. The van der Waals surface area contributed by atoms with Gasteiger partial charge in [-0.05, 0) is 43.9 Å². The highest BCUT2D eigenvalue weighted by Crippen LogP contribution is 2.63. The van der Waals surface area contributed by atoms with Crippen molar-refractivity contribution in [2.24, 2.45) is 28.6 Å². The second kappa shape index (κ2) is 4.32. The third-order valence-electron chi connectivity index (χ3n) is 7.31. The first kappa shape index (κ1) is 13.8. The molecule has 0 unspecified atom stereocenters. The number of aliphatic hydroxyl groups is 1. The van der Waals surface area contributed by atoms with Crippen LogP contribution in [0.15, 0.2) is 23.8 Å². The van der Waals surface area contributed by atoms with Crippen molar-refractivity contribution in [3.05, 3.63) is 23.8 Å². The number of allylic oxidation sites excluding steroid dienone is 4. The maximum absolute atomic E-state index is 12.4. The fourth-order valence-corrected chi connectivity index (χ4v) is 6.17. The molecular weight excluding hydrogens is 260 g/mol. The summed E-state index contributed by atoms with van der Waals surface area (Å²) in [5.74, 6) is 1.62. The van der Waals surface area contributed by atoms with Crippen LogP contribution in [-0.2, 0) is 4.79 Å². The minimum atomic E-state index is -0.406. The number of carbonyl (C=O) groups excluding carboxylic acids is 1. The molecule has 1 N–H and O–H groups in total. The lowest BCUT2D eigenvalue weighted by Crippen LogP contribution is -2.51. The number of fused-ring (bicyclic) bond motifs is 5. The molecule has 6 atom stereocenters. The van der Waals surface area contributed by atoms with E-state index in [1.165, 1.54) is 0 Å². The molecule has 0 spiro atoms. The van der Waals surface area contributed by atoms with E-state index < -0.39 is 6.10 Å². The molecule has 4 aliphatic rings. The van der Waals surface area contributed by atoms with Gasteiger partial charge in [0.15, 0.2) is 0 Å². The Balaban J connectivity index is 1.74. The predicted octanol–water partition coefficient (Wildman–Crippen LogP) is 3.66. The minimum absolute atomic E-state index is 0.174. The normalized spacial score (nSPS) is 52.0. The van der Waals surface area contributed by atoms with E-state index in [0.29, 0.717) is 24.0 Å². The largest absolute Gasteiger partial charge is 0.392 e. The van der Waals surface area contributed by atoms with E-state index in [-0.39, 0.29) is 16.7 Å². The number of hydrogen-bond donors (Lipinski definition) is 1. The lowest BCUT2D eigenvalue weighted by atomic mass is 9.48. The number of hydrogen-bond acceptors (Lipinski definition) is 2. The molecule has 4 rings (SSSR count). The molecule has 0 radical (unpaired) electrons. The summed E-state index contributed by atoms with van der Waals surface area (Å²) < 4.78 is 0. The van der Waals surface area contributed by atoms with Crippen molar-refractivity contribution in [1.29, 1.82) is 0 Å².